The molecule has 19 heavy (non-hydrogen) atoms. The minimum Gasteiger partial charge on any atom is -0.310 e. The van der Waals surface area contributed by atoms with Gasteiger partial charge >= 0.3 is 0 Å². The van der Waals surface area contributed by atoms with E-state index in [1.807, 2.05) is 6.07 Å². The van der Waals surface area contributed by atoms with Gasteiger partial charge in [0.2, 0.25) is 0 Å². The summed E-state index contributed by atoms with van der Waals surface area (Å²) in [4.78, 5) is 0. The lowest BCUT2D eigenvalue weighted by molar-refractivity contribution is 0.330. The van der Waals surface area contributed by atoms with Crippen molar-refractivity contribution in [3.63, 3.8) is 0 Å². The predicted octanol–water partition coefficient (Wildman–Crippen LogP) is 3.95. The Kier molecular flexibility index (Phi) is 5.17. The zero-order valence-electron chi connectivity index (χ0n) is 10.8. The first-order valence-corrected chi connectivity index (χ1v) is 7.73. The van der Waals surface area contributed by atoms with Gasteiger partial charge in [0.05, 0.1) is 6.07 Å². The highest BCUT2D eigenvalue weighted by Crippen LogP contribution is 2.39. The van der Waals surface area contributed by atoms with Crippen LogP contribution in [0.25, 0.3) is 0 Å². The van der Waals surface area contributed by atoms with Gasteiger partial charge in [0, 0.05) is 22.4 Å². The highest BCUT2D eigenvalue weighted by Gasteiger charge is 2.32. The van der Waals surface area contributed by atoms with E-state index in [4.69, 9.17) is 5.26 Å². The largest absolute Gasteiger partial charge is 0.310 e. The molecule has 4 heteroatoms. The second-order valence-corrected chi connectivity index (χ2v) is 7.56. The molecule has 1 saturated carbocycles. The monoisotopic (exact) mass is 372 g/mol. The van der Waals surface area contributed by atoms with Crippen LogP contribution in [0.2, 0.25) is 0 Å². The van der Waals surface area contributed by atoms with E-state index in [0.29, 0.717) is 12.5 Å². The molecule has 0 saturated heterocycles. The Morgan fingerprint density at radius 2 is 2.16 bits per heavy atom. The van der Waals surface area contributed by atoms with E-state index in [-0.39, 0.29) is 9.24 Å². The summed E-state index contributed by atoms with van der Waals surface area (Å²) in [6, 6.07) is 9.51. The summed E-state index contributed by atoms with van der Waals surface area (Å²) in [7, 11) is 0. The lowest BCUT2D eigenvalue weighted by Gasteiger charge is -2.34. The van der Waals surface area contributed by atoms with Crippen LogP contribution in [0.3, 0.4) is 0 Å². The second kappa shape index (κ2) is 6.67. The quantitative estimate of drug-likeness (QED) is 0.642. The third-order valence-corrected chi connectivity index (χ3v) is 5.22. The van der Waals surface area contributed by atoms with E-state index < -0.39 is 0 Å². The maximum atomic E-state index is 13.1. The number of rotatable bonds is 4. The van der Waals surface area contributed by atoms with E-state index in [1.165, 1.54) is 6.07 Å². The molecule has 0 aliphatic heterocycles. The summed E-state index contributed by atoms with van der Waals surface area (Å²) >= 11 is 2.44. The van der Waals surface area contributed by atoms with E-state index >= 15 is 0 Å². The molecule has 1 aromatic rings. The van der Waals surface area contributed by atoms with Crippen LogP contribution in [0.4, 0.5) is 4.39 Å². The molecule has 0 amide bonds. The van der Waals surface area contributed by atoms with E-state index in [1.54, 1.807) is 12.1 Å². The van der Waals surface area contributed by atoms with Crippen LogP contribution in [0, 0.1) is 17.1 Å². The molecule has 1 aromatic carbocycles. The van der Waals surface area contributed by atoms with Crippen molar-refractivity contribution in [3.05, 3.63) is 35.6 Å². The zero-order chi connectivity index (χ0) is 13.7. The van der Waals surface area contributed by atoms with Crippen LogP contribution in [0.5, 0.6) is 0 Å². The molecule has 1 aliphatic carbocycles. The summed E-state index contributed by atoms with van der Waals surface area (Å²) in [5, 5.41) is 12.3. The highest BCUT2D eigenvalue weighted by molar-refractivity contribution is 14.1. The lowest BCUT2D eigenvalue weighted by Crippen LogP contribution is -2.37. The SMILES string of the molecule is N#CCC1(I)CCC(NCc2cccc(F)c2)CC1. The van der Waals surface area contributed by atoms with Crippen LogP contribution in [-0.4, -0.2) is 9.46 Å². The van der Waals surface area contributed by atoms with Crippen molar-refractivity contribution >= 4 is 22.6 Å². The molecule has 0 aromatic heterocycles. The molecule has 0 atom stereocenters. The third kappa shape index (κ3) is 4.43. The Morgan fingerprint density at radius 1 is 1.42 bits per heavy atom. The first kappa shape index (κ1) is 14.7. The fourth-order valence-electron chi connectivity index (χ4n) is 2.57. The van der Waals surface area contributed by atoms with Crippen LogP contribution < -0.4 is 5.32 Å². The molecule has 0 bridgehead atoms. The summed E-state index contributed by atoms with van der Waals surface area (Å²) < 4.78 is 13.2. The number of nitriles is 1. The van der Waals surface area contributed by atoms with Crippen LogP contribution in [0.1, 0.15) is 37.7 Å². The molecule has 1 N–H and O–H groups in total. The Hall–Kier alpha value is -0.670. The number of benzene rings is 1. The van der Waals surface area contributed by atoms with E-state index in [2.05, 4.69) is 34.0 Å². The van der Waals surface area contributed by atoms with Crippen molar-refractivity contribution in [3.8, 4) is 6.07 Å². The first-order chi connectivity index (χ1) is 9.11. The van der Waals surface area contributed by atoms with Gasteiger partial charge in [-0.1, -0.05) is 34.7 Å². The third-order valence-electron chi connectivity index (χ3n) is 3.76. The average Bonchev–Trinajstić information content (AvgIpc) is 2.38. The molecule has 2 nitrogen and oxygen atoms in total. The zero-order valence-corrected chi connectivity index (χ0v) is 13.0. The Morgan fingerprint density at radius 3 is 2.79 bits per heavy atom. The molecule has 0 spiro atoms. The number of nitrogens with one attached hydrogen (secondary N) is 1. The summed E-state index contributed by atoms with van der Waals surface area (Å²) in [5.74, 6) is -0.178. The van der Waals surface area contributed by atoms with Gasteiger partial charge in [-0.25, -0.2) is 4.39 Å². The molecular formula is C15H18FIN2. The Balaban J connectivity index is 1.79. The topological polar surface area (TPSA) is 35.8 Å². The van der Waals surface area contributed by atoms with Crippen molar-refractivity contribution in [2.45, 2.75) is 48.1 Å². The van der Waals surface area contributed by atoms with Gasteiger partial charge in [-0.3, -0.25) is 0 Å². The first-order valence-electron chi connectivity index (χ1n) is 6.65. The molecule has 2 rings (SSSR count). The van der Waals surface area contributed by atoms with Crippen molar-refractivity contribution in [1.82, 2.24) is 5.32 Å². The van der Waals surface area contributed by atoms with Gasteiger partial charge in [-0.05, 0) is 43.4 Å². The van der Waals surface area contributed by atoms with E-state index in [9.17, 15) is 4.39 Å². The minimum absolute atomic E-state index is 0.170. The summed E-state index contributed by atoms with van der Waals surface area (Å²) in [6.45, 7) is 0.717. The molecule has 0 radical (unpaired) electrons. The van der Waals surface area contributed by atoms with Gasteiger partial charge in [0.25, 0.3) is 0 Å². The predicted molar refractivity (Wildman–Crippen MR) is 82.5 cm³/mol. The van der Waals surface area contributed by atoms with Crippen LogP contribution in [0.15, 0.2) is 24.3 Å². The van der Waals surface area contributed by atoms with Crippen molar-refractivity contribution in [2.75, 3.05) is 0 Å². The van der Waals surface area contributed by atoms with Crippen molar-refractivity contribution in [2.24, 2.45) is 0 Å². The number of alkyl halides is 1. The normalized spacial score (nSPS) is 26.9. The molecule has 1 fully saturated rings. The molecule has 102 valence electrons. The molecule has 0 unspecified atom stereocenters. The van der Waals surface area contributed by atoms with Gasteiger partial charge in [-0.15, -0.1) is 0 Å². The van der Waals surface area contributed by atoms with Crippen molar-refractivity contribution < 1.29 is 4.39 Å². The number of halogens is 2. The minimum atomic E-state index is -0.178. The molecule has 1 aliphatic rings. The van der Waals surface area contributed by atoms with Gasteiger partial charge in [0.15, 0.2) is 0 Å². The van der Waals surface area contributed by atoms with Gasteiger partial charge in [0.1, 0.15) is 5.82 Å². The average molecular weight is 372 g/mol. The summed E-state index contributed by atoms with van der Waals surface area (Å²) in [6.07, 6.45) is 5.01. The number of hydrogen-bond acceptors (Lipinski definition) is 2. The Bertz CT molecular complexity index is 461. The lowest BCUT2D eigenvalue weighted by atomic mass is 9.84. The van der Waals surface area contributed by atoms with Crippen LogP contribution >= 0.6 is 22.6 Å². The molecular weight excluding hydrogens is 354 g/mol. The standard InChI is InChI=1S/C15H18FIN2/c16-13-3-1-2-12(10-13)11-19-14-4-6-15(17,7-5-14)8-9-18/h1-3,10,14,19H,4-8,11H2. The maximum Gasteiger partial charge on any atom is 0.123 e. The van der Waals surface area contributed by atoms with Crippen molar-refractivity contribution in [1.29, 1.82) is 5.26 Å². The fourth-order valence-corrected chi connectivity index (χ4v) is 3.36. The maximum absolute atomic E-state index is 13.1. The highest BCUT2D eigenvalue weighted by atomic mass is 127. The number of hydrogen-bond donors (Lipinski definition) is 1. The smallest absolute Gasteiger partial charge is 0.123 e. The second-order valence-electron chi connectivity index (χ2n) is 5.27. The summed E-state index contributed by atoms with van der Waals surface area (Å²) in [5.41, 5.74) is 0.989. The van der Waals surface area contributed by atoms with E-state index in [0.717, 1.165) is 37.8 Å². The van der Waals surface area contributed by atoms with Crippen LogP contribution in [-0.2, 0) is 6.54 Å². The molecule has 0 heterocycles. The van der Waals surface area contributed by atoms with Gasteiger partial charge < -0.3 is 5.32 Å². The van der Waals surface area contributed by atoms with Gasteiger partial charge in [-0.2, -0.15) is 5.26 Å². The number of nitrogens with zero attached hydrogens (tertiary/aromatic N) is 1. The fraction of sp³-hybridized carbons (Fsp3) is 0.533. The Labute approximate surface area is 127 Å².